The predicted molar refractivity (Wildman–Crippen MR) is 89.8 cm³/mol. The summed E-state index contributed by atoms with van der Waals surface area (Å²) in [4.78, 5) is 24.1. The van der Waals surface area contributed by atoms with Gasteiger partial charge in [0.1, 0.15) is 5.82 Å². The van der Waals surface area contributed by atoms with E-state index in [-0.39, 0.29) is 18.0 Å². The minimum Gasteiger partial charge on any atom is -0.465 e. The van der Waals surface area contributed by atoms with Crippen LogP contribution < -0.4 is 10.0 Å². The summed E-state index contributed by atoms with van der Waals surface area (Å²) in [5.41, 5.74) is -1.71. The van der Waals surface area contributed by atoms with Gasteiger partial charge < -0.3 is 15.3 Å². The maximum absolute atomic E-state index is 14.1. The number of carbonyl (C=O) groups excluding carboxylic acids is 1. The Labute approximate surface area is 150 Å². The fourth-order valence-corrected chi connectivity index (χ4v) is 4.36. The molecular weight excluding hydrogens is 365 g/mol. The third-order valence-electron chi connectivity index (χ3n) is 4.64. The number of likely N-dealkylation sites (tertiary alicyclic amines) is 1. The molecule has 0 spiro atoms. The third-order valence-corrected chi connectivity index (χ3v) is 6.28. The van der Waals surface area contributed by atoms with Gasteiger partial charge in [0.25, 0.3) is 5.91 Å². The molecule has 0 radical (unpaired) electrons. The lowest BCUT2D eigenvalue weighted by atomic mass is 9.92. The summed E-state index contributed by atoms with van der Waals surface area (Å²) in [6.07, 6.45) is 0.342. The van der Waals surface area contributed by atoms with Gasteiger partial charge in [-0.15, -0.1) is 0 Å². The number of benzene rings is 1. The van der Waals surface area contributed by atoms with Crippen LogP contribution in [0.2, 0.25) is 0 Å². The van der Waals surface area contributed by atoms with Crippen LogP contribution in [0.15, 0.2) is 23.1 Å². The Balaban J connectivity index is 1.77. The van der Waals surface area contributed by atoms with Crippen LogP contribution in [-0.2, 0) is 10.0 Å². The SMILES string of the molecule is CC1(NC(=O)c2cc(S(=O)(=O)NC3(C)CC3)ccc2F)CN(C(=O)O)C1. The molecule has 0 bridgehead atoms. The van der Waals surface area contributed by atoms with Crippen molar-refractivity contribution in [3.05, 3.63) is 29.6 Å². The highest BCUT2D eigenvalue weighted by molar-refractivity contribution is 7.89. The monoisotopic (exact) mass is 385 g/mol. The molecule has 8 nitrogen and oxygen atoms in total. The van der Waals surface area contributed by atoms with Gasteiger partial charge in [0, 0.05) is 18.6 Å². The van der Waals surface area contributed by atoms with Crippen LogP contribution in [0.3, 0.4) is 0 Å². The summed E-state index contributed by atoms with van der Waals surface area (Å²) in [5, 5.41) is 11.4. The standard InChI is InChI=1S/C16H20FN3O5S/c1-15(5-6-15)19-26(24,25)10-3-4-12(17)11(7-10)13(21)18-16(2)8-20(9-16)14(22)23/h3-4,7,19H,5-6,8-9H2,1-2H3,(H,18,21)(H,22,23). The summed E-state index contributed by atoms with van der Waals surface area (Å²) in [5.74, 6) is -1.64. The molecule has 1 heterocycles. The Kier molecular flexibility index (Phi) is 4.23. The molecule has 26 heavy (non-hydrogen) atoms. The Bertz CT molecular complexity index is 876. The molecule has 2 aliphatic rings. The fraction of sp³-hybridized carbons (Fsp3) is 0.500. The average Bonchev–Trinajstić information content (AvgIpc) is 3.20. The normalized spacial score (nSPS) is 20.2. The van der Waals surface area contributed by atoms with Crippen molar-refractivity contribution in [1.82, 2.24) is 14.9 Å². The van der Waals surface area contributed by atoms with Gasteiger partial charge in [-0.1, -0.05) is 0 Å². The predicted octanol–water partition coefficient (Wildman–Crippen LogP) is 1.14. The van der Waals surface area contributed by atoms with Crippen LogP contribution in [0.5, 0.6) is 0 Å². The molecule has 1 aromatic rings. The lowest BCUT2D eigenvalue weighted by Crippen LogP contribution is -2.69. The first kappa shape index (κ1) is 18.6. The summed E-state index contributed by atoms with van der Waals surface area (Å²) in [7, 11) is -3.87. The molecule has 142 valence electrons. The van der Waals surface area contributed by atoms with Gasteiger partial charge >= 0.3 is 6.09 Å². The van der Waals surface area contributed by atoms with Crippen molar-refractivity contribution >= 4 is 22.0 Å². The van der Waals surface area contributed by atoms with Crippen molar-refractivity contribution in [3.8, 4) is 0 Å². The van der Waals surface area contributed by atoms with E-state index in [0.717, 1.165) is 35.9 Å². The molecule has 2 fully saturated rings. The minimum atomic E-state index is -3.87. The second-order valence-corrected chi connectivity index (χ2v) is 9.14. The number of nitrogens with zero attached hydrogens (tertiary/aromatic N) is 1. The Morgan fingerprint density at radius 3 is 2.35 bits per heavy atom. The molecule has 1 saturated heterocycles. The third kappa shape index (κ3) is 3.65. The van der Waals surface area contributed by atoms with E-state index in [1.807, 2.05) is 0 Å². The molecular formula is C16H20FN3O5S. The Hall–Kier alpha value is -2.20. The van der Waals surface area contributed by atoms with Crippen molar-refractivity contribution in [3.63, 3.8) is 0 Å². The van der Waals surface area contributed by atoms with E-state index in [2.05, 4.69) is 10.0 Å². The summed E-state index contributed by atoms with van der Waals surface area (Å²) >= 11 is 0. The zero-order chi connectivity index (χ0) is 19.3. The molecule has 0 atom stereocenters. The number of hydrogen-bond acceptors (Lipinski definition) is 4. The number of nitrogens with one attached hydrogen (secondary N) is 2. The molecule has 1 aromatic carbocycles. The molecule has 0 aromatic heterocycles. The van der Waals surface area contributed by atoms with E-state index in [0.29, 0.717) is 0 Å². The molecule has 1 saturated carbocycles. The van der Waals surface area contributed by atoms with E-state index in [1.165, 1.54) is 0 Å². The van der Waals surface area contributed by atoms with Gasteiger partial charge in [-0.05, 0) is 44.9 Å². The molecule has 3 N–H and O–H groups in total. The van der Waals surface area contributed by atoms with E-state index >= 15 is 0 Å². The highest BCUT2D eigenvalue weighted by atomic mass is 32.2. The number of carbonyl (C=O) groups is 2. The van der Waals surface area contributed by atoms with Gasteiger partial charge in [0.15, 0.2) is 0 Å². The zero-order valence-electron chi connectivity index (χ0n) is 14.4. The van der Waals surface area contributed by atoms with E-state index in [9.17, 15) is 22.4 Å². The lowest BCUT2D eigenvalue weighted by Gasteiger charge is -2.46. The first-order valence-electron chi connectivity index (χ1n) is 8.07. The highest BCUT2D eigenvalue weighted by Crippen LogP contribution is 2.36. The smallest absolute Gasteiger partial charge is 0.407 e. The van der Waals surface area contributed by atoms with Gasteiger partial charge in [0.2, 0.25) is 10.0 Å². The van der Waals surface area contributed by atoms with Crippen molar-refractivity contribution < 1.29 is 27.5 Å². The molecule has 0 unspecified atom stereocenters. The van der Waals surface area contributed by atoms with Gasteiger partial charge in [0.05, 0.1) is 16.0 Å². The molecule has 2 amide bonds. The first-order valence-corrected chi connectivity index (χ1v) is 9.55. The second kappa shape index (κ2) is 5.92. The number of carboxylic acid groups (broad SMARTS) is 1. The van der Waals surface area contributed by atoms with Crippen molar-refractivity contribution in [2.75, 3.05) is 13.1 Å². The average molecular weight is 385 g/mol. The Morgan fingerprint density at radius 1 is 1.19 bits per heavy atom. The van der Waals surface area contributed by atoms with Crippen molar-refractivity contribution in [1.29, 1.82) is 0 Å². The van der Waals surface area contributed by atoms with Crippen molar-refractivity contribution in [2.45, 2.75) is 42.7 Å². The number of amides is 2. The first-order chi connectivity index (χ1) is 11.9. The van der Waals surface area contributed by atoms with Crippen LogP contribution in [0.4, 0.5) is 9.18 Å². The topological polar surface area (TPSA) is 116 Å². The van der Waals surface area contributed by atoms with Crippen LogP contribution >= 0.6 is 0 Å². The molecule has 3 rings (SSSR count). The van der Waals surface area contributed by atoms with Crippen molar-refractivity contribution in [2.24, 2.45) is 0 Å². The molecule has 1 aliphatic heterocycles. The number of rotatable bonds is 5. The summed E-state index contributed by atoms with van der Waals surface area (Å²) in [6.45, 7) is 3.56. The molecule has 10 heteroatoms. The molecule has 1 aliphatic carbocycles. The summed E-state index contributed by atoms with van der Waals surface area (Å²) < 4.78 is 41.4. The quantitative estimate of drug-likeness (QED) is 0.703. The number of sulfonamides is 1. The van der Waals surface area contributed by atoms with Crippen LogP contribution in [0.1, 0.15) is 37.0 Å². The van der Waals surface area contributed by atoms with E-state index in [1.54, 1.807) is 13.8 Å². The van der Waals surface area contributed by atoms with Gasteiger partial charge in [-0.2, -0.15) is 0 Å². The number of halogens is 1. The fourth-order valence-electron chi connectivity index (χ4n) is 2.87. The second-order valence-electron chi connectivity index (χ2n) is 7.46. The minimum absolute atomic E-state index is 0.0770. The van der Waals surface area contributed by atoms with E-state index < -0.39 is 44.5 Å². The lowest BCUT2D eigenvalue weighted by molar-refractivity contribution is 0.0460. The number of hydrogen-bond donors (Lipinski definition) is 3. The van der Waals surface area contributed by atoms with Crippen LogP contribution in [-0.4, -0.2) is 54.6 Å². The van der Waals surface area contributed by atoms with Crippen LogP contribution in [0.25, 0.3) is 0 Å². The maximum atomic E-state index is 14.1. The largest absolute Gasteiger partial charge is 0.465 e. The van der Waals surface area contributed by atoms with Gasteiger partial charge in [-0.3, -0.25) is 4.79 Å². The Morgan fingerprint density at radius 2 is 1.81 bits per heavy atom. The highest BCUT2D eigenvalue weighted by Gasteiger charge is 2.43. The zero-order valence-corrected chi connectivity index (χ0v) is 15.2. The van der Waals surface area contributed by atoms with Crippen LogP contribution in [0, 0.1) is 5.82 Å². The van der Waals surface area contributed by atoms with E-state index in [4.69, 9.17) is 5.11 Å². The summed E-state index contributed by atoms with van der Waals surface area (Å²) in [6, 6.07) is 3.04. The van der Waals surface area contributed by atoms with Gasteiger partial charge in [-0.25, -0.2) is 22.3 Å². The maximum Gasteiger partial charge on any atom is 0.407 e.